The number of aryl methyl sites for hydroxylation is 3. The Bertz CT molecular complexity index is 972. The van der Waals surface area contributed by atoms with Crippen LogP contribution in [0.1, 0.15) is 41.2 Å². The monoisotopic (exact) mass is 351 g/mol. The van der Waals surface area contributed by atoms with Gasteiger partial charge in [0.2, 0.25) is 11.9 Å². The largest absolute Gasteiger partial charge is 0.462 e. The molecule has 0 amide bonds. The van der Waals surface area contributed by atoms with E-state index in [4.69, 9.17) is 4.74 Å². The van der Waals surface area contributed by atoms with Gasteiger partial charge in [0.05, 0.1) is 29.1 Å². The Morgan fingerprint density at radius 2 is 1.85 bits per heavy atom. The Morgan fingerprint density at radius 1 is 1.08 bits per heavy atom. The molecule has 26 heavy (non-hydrogen) atoms. The molecule has 2 aromatic heterocycles. The first-order chi connectivity index (χ1) is 12.5. The quantitative estimate of drug-likeness (QED) is 0.703. The number of fused-ring (bicyclic) bond motifs is 1. The van der Waals surface area contributed by atoms with E-state index in [-0.39, 0.29) is 0 Å². The fourth-order valence-corrected chi connectivity index (χ4v) is 2.64. The Morgan fingerprint density at radius 3 is 2.54 bits per heavy atom. The predicted octanol–water partition coefficient (Wildman–Crippen LogP) is 3.52. The minimum atomic E-state index is -0.430. The zero-order valence-corrected chi connectivity index (χ0v) is 15.3. The SMILES string of the molecule is CCOC(=O)c1cnc(Nc2nc(C)c3cc(CC)ccc3n2)nc1C. The second-order valence-electron chi connectivity index (χ2n) is 5.88. The van der Waals surface area contributed by atoms with Crippen LogP contribution < -0.4 is 5.32 Å². The summed E-state index contributed by atoms with van der Waals surface area (Å²) in [6, 6.07) is 6.17. The molecule has 0 aliphatic carbocycles. The molecule has 0 radical (unpaired) electrons. The molecule has 0 saturated carbocycles. The number of nitrogens with one attached hydrogen (secondary N) is 1. The topological polar surface area (TPSA) is 89.9 Å². The number of carbonyl (C=O) groups excluding carboxylic acids is 1. The van der Waals surface area contributed by atoms with Gasteiger partial charge in [-0.15, -0.1) is 0 Å². The van der Waals surface area contributed by atoms with Crippen molar-refractivity contribution in [3.05, 3.63) is 46.9 Å². The van der Waals surface area contributed by atoms with Crippen molar-refractivity contribution >= 4 is 28.8 Å². The molecular formula is C19H21N5O2. The summed E-state index contributed by atoms with van der Waals surface area (Å²) in [7, 11) is 0. The summed E-state index contributed by atoms with van der Waals surface area (Å²) in [5.74, 6) is 0.322. The van der Waals surface area contributed by atoms with E-state index < -0.39 is 5.97 Å². The number of nitrogens with zero attached hydrogens (tertiary/aromatic N) is 4. The van der Waals surface area contributed by atoms with Crippen molar-refractivity contribution in [3.8, 4) is 0 Å². The molecule has 0 fully saturated rings. The standard InChI is InChI=1S/C19H21N5O2/c1-5-13-7-8-16-14(9-13)11(3)22-19(23-16)24-18-20-10-15(12(4)21-18)17(25)26-6-2/h7-10H,5-6H2,1-4H3,(H,20,21,22,23,24). The van der Waals surface area contributed by atoms with Crippen molar-refractivity contribution in [1.82, 2.24) is 19.9 Å². The zero-order valence-electron chi connectivity index (χ0n) is 15.3. The lowest BCUT2D eigenvalue weighted by Gasteiger charge is -2.09. The molecule has 7 heteroatoms. The van der Waals surface area contributed by atoms with Crippen molar-refractivity contribution in [1.29, 1.82) is 0 Å². The molecular weight excluding hydrogens is 330 g/mol. The second-order valence-corrected chi connectivity index (χ2v) is 5.88. The Hall–Kier alpha value is -3.09. The van der Waals surface area contributed by atoms with Crippen molar-refractivity contribution in [2.24, 2.45) is 0 Å². The van der Waals surface area contributed by atoms with Crippen LogP contribution in [0.3, 0.4) is 0 Å². The molecule has 134 valence electrons. The molecule has 0 atom stereocenters. The lowest BCUT2D eigenvalue weighted by atomic mass is 10.1. The average Bonchev–Trinajstić information content (AvgIpc) is 2.62. The van der Waals surface area contributed by atoms with Gasteiger partial charge in [0, 0.05) is 11.6 Å². The van der Waals surface area contributed by atoms with Gasteiger partial charge in [-0.3, -0.25) is 5.32 Å². The first kappa shape index (κ1) is 17.7. The summed E-state index contributed by atoms with van der Waals surface area (Å²) in [5, 5.41) is 4.04. The van der Waals surface area contributed by atoms with Crippen LogP contribution in [-0.2, 0) is 11.2 Å². The van der Waals surface area contributed by atoms with Crippen molar-refractivity contribution < 1.29 is 9.53 Å². The summed E-state index contributed by atoms with van der Waals surface area (Å²) < 4.78 is 4.99. The van der Waals surface area contributed by atoms with E-state index in [9.17, 15) is 4.79 Å². The third-order valence-corrected chi connectivity index (χ3v) is 4.06. The molecule has 0 bridgehead atoms. The van der Waals surface area contributed by atoms with Crippen molar-refractivity contribution in [2.45, 2.75) is 34.1 Å². The van der Waals surface area contributed by atoms with Gasteiger partial charge in [-0.05, 0) is 44.9 Å². The second kappa shape index (κ2) is 7.43. The maximum Gasteiger partial charge on any atom is 0.341 e. The Labute approximate surface area is 151 Å². The van der Waals surface area contributed by atoms with Crippen LogP contribution in [0.5, 0.6) is 0 Å². The molecule has 2 heterocycles. The number of hydrogen-bond acceptors (Lipinski definition) is 7. The fraction of sp³-hybridized carbons (Fsp3) is 0.316. The van der Waals surface area contributed by atoms with Gasteiger partial charge in [0.15, 0.2) is 0 Å². The average molecular weight is 351 g/mol. The normalized spacial score (nSPS) is 10.8. The number of carbonyl (C=O) groups is 1. The van der Waals surface area contributed by atoms with Crippen LogP contribution in [0.15, 0.2) is 24.4 Å². The number of rotatable bonds is 5. The van der Waals surface area contributed by atoms with Crippen LogP contribution in [0.2, 0.25) is 0 Å². The van der Waals surface area contributed by atoms with E-state index in [1.165, 1.54) is 11.8 Å². The maximum atomic E-state index is 11.8. The number of anilines is 2. The van der Waals surface area contributed by atoms with E-state index in [0.717, 1.165) is 23.0 Å². The Kier molecular flexibility index (Phi) is 5.06. The van der Waals surface area contributed by atoms with Crippen LogP contribution in [0.4, 0.5) is 11.9 Å². The lowest BCUT2D eigenvalue weighted by molar-refractivity contribution is 0.0524. The highest BCUT2D eigenvalue weighted by atomic mass is 16.5. The minimum absolute atomic E-state index is 0.308. The van der Waals surface area contributed by atoms with Gasteiger partial charge in [0.1, 0.15) is 0 Å². The van der Waals surface area contributed by atoms with Crippen LogP contribution >= 0.6 is 0 Å². The van der Waals surface area contributed by atoms with Gasteiger partial charge in [-0.25, -0.2) is 24.7 Å². The van der Waals surface area contributed by atoms with Gasteiger partial charge < -0.3 is 4.74 Å². The summed E-state index contributed by atoms with van der Waals surface area (Å²) in [4.78, 5) is 29.3. The fourth-order valence-electron chi connectivity index (χ4n) is 2.64. The summed E-state index contributed by atoms with van der Waals surface area (Å²) >= 11 is 0. The van der Waals surface area contributed by atoms with Crippen molar-refractivity contribution in [3.63, 3.8) is 0 Å². The molecule has 0 spiro atoms. The molecule has 0 saturated heterocycles. The highest BCUT2D eigenvalue weighted by Crippen LogP contribution is 2.20. The highest BCUT2D eigenvalue weighted by Gasteiger charge is 2.13. The van der Waals surface area contributed by atoms with E-state index >= 15 is 0 Å². The molecule has 7 nitrogen and oxygen atoms in total. The smallest absolute Gasteiger partial charge is 0.341 e. The van der Waals surface area contributed by atoms with Crippen LogP contribution in [-0.4, -0.2) is 32.5 Å². The van der Waals surface area contributed by atoms with Gasteiger partial charge >= 0.3 is 5.97 Å². The molecule has 3 rings (SSSR count). The number of ether oxygens (including phenoxy) is 1. The highest BCUT2D eigenvalue weighted by molar-refractivity contribution is 5.90. The van der Waals surface area contributed by atoms with Crippen LogP contribution in [0.25, 0.3) is 10.9 Å². The first-order valence-corrected chi connectivity index (χ1v) is 8.56. The number of aromatic nitrogens is 4. The third-order valence-electron chi connectivity index (χ3n) is 4.06. The molecule has 0 aliphatic rings. The number of hydrogen-bond donors (Lipinski definition) is 1. The van der Waals surface area contributed by atoms with Gasteiger partial charge in [-0.1, -0.05) is 13.0 Å². The predicted molar refractivity (Wildman–Crippen MR) is 99.7 cm³/mol. The maximum absolute atomic E-state index is 11.8. The molecule has 0 aliphatic heterocycles. The summed E-state index contributed by atoms with van der Waals surface area (Å²) in [6.07, 6.45) is 2.42. The molecule has 0 unspecified atom stereocenters. The molecule has 1 aromatic carbocycles. The summed E-state index contributed by atoms with van der Waals surface area (Å²) in [5.41, 5.74) is 3.87. The van der Waals surface area contributed by atoms with Crippen LogP contribution in [0, 0.1) is 13.8 Å². The van der Waals surface area contributed by atoms with Gasteiger partial charge in [0.25, 0.3) is 0 Å². The zero-order chi connectivity index (χ0) is 18.7. The van der Waals surface area contributed by atoms with E-state index in [1.807, 2.05) is 13.0 Å². The lowest BCUT2D eigenvalue weighted by Crippen LogP contribution is -2.10. The molecule has 1 N–H and O–H groups in total. The van der Waals surface area contributed by atoms with E-state index in [1.54, 1.807) is 13.8 Å². The van der Waals surface area contributed by atoms with Gasteiger partial charge in [-0.2, -0.15) is 0 Å². The molecule has 3 aromatic rings. The third kappa shape index (κ3) is 3.61. The van der Waals surface area contributed by atoms with E-state index in [2.05, 4.69) is 44.3 Å². The Balaban J connectivity index is 1.89. The number of benzene rings is 1. The minimum Gasteiger partial charge on any atom is -0.462 e. The first-order valence-electron chi connectivity index (χ1n) is 8.56. The van der Waals surface area contributed by atoms with Crippen molar-refractivity contribution in [2.75, 3.05) is 11.9 Å². The number of esters is 1. The summed E-state index contributed by atoms with van der Waals surface area (Å²) in [6.45, 7) is 7.87. The van der Waals surface area contributed by atoms with E-state index in [0.29, 0.717) is 29.8 Å².